The van der Waals surface area contributed by atoms with E-state index in [4.69, 9.17) is 0 Å². The van der Waals surface area contributed by atoms with Crippen molar-refractivity contribution in [1.29, 1.82) is 0 Å². The Labute approximate surface area is 118 Å². The third-order valence-corrected chi connectivity index (χ3v) is 3.70. The molecule has 0 aliphatic rings. The predicted octanol–water partition coefficient (Wildman–Crippen LogP) is 3.19. The van der Waals surface area contributed by atoms with Gasteiger partial charge in [0.05, 0.1) is 0 Å². The van der Waals surface area contributed by atoms with Gasteiger partial charge in [-0.05, 0) is 24.3 Å². The number of anilines is 2. The summed E-state index contributed by atoms with van der Waals surface area (Å²) in [5.74, 6) is 2.67. The van der Waals surface area contributed by atoms with Crippen LogP contribution in [0, 0.1) is 0 Å². The van der Waals surface area contributed by atoms with Gasteiger partial charge in [0.15, 0.2) is 0 Å². The molecular formula is C14H20N4S. The molecule has 2 rings (SSSR count). The largest absolute Gasteiger partial charge is 0.373 e. The highest BCUT2D eigenvalue weighted by atomic mass is 32.1. The maximum Gasteiger partial charge on any atom is 0.133 e. The summed E-state index contributed by atoms with van der Waals surface area (Å²) in [5, 5.41) is 8.56. The number of aryl methyl sites for hydroxylation is 1. The number of rotatable bonds is 7. The highest BCUT2D eigenvalue weighted by Gasteiger charge is 2.03. The first-order chi connectivity index (χ1) is 9.31. The molecule has 0 unspecified atom stereocenters. The Morgan fingerprint density at radius 1 is 1.21 bits per heavy atom. The second-order valence-corrected chi connectivity index (χ2v) is 5.34. The van der Waals surface area contributed by atoms with Gasteiger partial charge in [-0.15, -0.1) is 11.3 Å². The Hall–Kier alpha value is -1.62. The van der Waals surface area contributed by atoms with Crippen LogP contribution in [0.1, 0.15) is 24.0 Å². The van der Waals surface area contributed by atoms with Crippen LogP contribution in [0.5, 0.6) is 0 Å². The summed E-state index contributed by atoms with van der Waals surface area (Å²) < 4.78 is 0. The third kappa shape index (κ3) is 4.21. The van der Waals surface area contributed by atoms with Crippen molar-refractivity contribution in [2.24, 2.45) is 0 Å². The Balaban J connectivity index is 1.96. The summed E-state index contributed by atoms with van der Waals surface area (Å²) in [6.45, 7) is 3.03. The Morgan fingerprint density at radius 2 is 2.05 bits per heavy atom. The van der Waals surface area contributed by atoms with Crippen LogP contribution < -0.4 is 10.6 Å². The van der Waals surface area contributed by atoms with Crippen LogP contribution >= 0.6 is 11.3 Å². The van der Waals surface area contributed by atoms with Gasteiger partial charge in [0, 0.05) is 31.0 Å². The van der Waals surface area contributed by atoms with E-state index in [2.05, 4.69) is 45.0 Å². The Morgan fingerprint density at radius 3 is 2.74 bits per heavy atom. The first-order valence-electron chi connectivity index (χ1n) is 6.63. The molecule has 5 heteroatoms. The van der Waals surface area contributed by atoms with Crippen molar-refractivity contribution in [2.75, 3.05) is 24.2 Å². The smallest absolute Gasteiger partial charge is 0.133 e. The average Bonchev–Trinajstić information content (AvgIpc) is 2.92. The summed E-state index contributed by atoms with van der Waals surface area (Å²) in [6, 6.07) is 6.20. The first-order valence-corrected chi connectivity index (χ1v) is 7.51. The van der Waals surface area contributed by atoms with E-state index >= 15 is 0 Å². The van der Waals surface area contributed by atoms with Crippen LogP contribution in [-0.4, -0.2) is 23.6 Å². The molecule has 0 aliphatic carbocycles. The number of nitrogens with zero attached hydrogens (tertiary/aromatic N) is 2. The Kier molecular flexibility index (Phi) is 5.15. The van der Waals surface area contributed by atoms with Crippen LogP contribution in [0.2, 0.25) is 0 Å². The summed E-state index contributed by atoms with van der Waals surface area (Å²) in [6.07, 6.45) is 3.00. The van der Waals surface area contributed by atoms with E-state index in [-0.39, 0.29) is 0 Å². The van der Waals surface area contributed by atoms with Gasteiger partial charge in [-0.3, -0.25) is 0 Å². The van der Waals surface area contributed by atoms with E-state index in [1.165, 1.54) is 4.88 Å². The van der Waals surface area contributed by atoms with E-state index in [1.54, 1.807) is 11.3 Å². The number of thiophene rings is 1. The zero-order chi connectivity index (χ0) is 13.5. The fourth-order valence-electron chi connectivity index (χ4n) is 1.82. The van der Waals surface area contributed by atoms with E-state index in [0.29, 0.717) is 0 Å². The number of hydrogen-bond acceptors (Lipinski definition) is 5. The minimum absolute atomic E-state index is 0.872. The van der Waals surface area contributed by atoms with Crippen LogP contribution in [-0.2, 0) is 12.8 Å². The lowest BCUT2D eigenvalue weighted by Gasteiger charge is -2.09. The van der Waals surface area contributed by atoms with Gasteiger partial charge in [0.2, 0.25) is 0 Å². The molecule has 0 aromatic carbocycles. The zero-order valence-electron chi connectivity index (χ0n) is 11.4. The van der Waals surface area contributed by atoms with E-state index < -0.39 is 0 Å². The molecule has 2 N–H and O–H groups in total. The third-order valence-electron chi connectivity index (χ3n) is 2.76. The monoisotopic (exact) mass is 276 g/mol. The molecule has 2 aromatic heterocycles. The minimum Gasteiger partial charge on any atom is -0.373 e. The predicted molar refractivity (Wildman–Crippen MR) is 82.1 cm³/mol. The molecule has 19 heavy (non-hydrogen) atoms. The SMILES string of the molecule is CCCc1nc(NC)cc(NCCc2cccs2)n1. The van der Waals surface area contributed by atoms with Crippen LogP contribution in [0.4, 0.5) is 11.6 Å². The van der Waals surface area contributed by atoms with Crippen molar-refractivity contribution < 1.29 is 0 Å². The molecule has 2 aromatic rings. The molecule has 0 fully saturated rings. The summed E-state index contributed by atoms with van der Waals surface area (Å²) in [7, 11) is 1.88. The summed E-state index contributed by atoms with van der Waals surface area (Å²) in [4.78, 5) is 10.4. The highest BCUT2D eigenvalue weighted by Crippen LogP contribution is 2.13. The second-order valence-electron chi connectivity index (χ2n) is 4.31. The molecule has 0 spiro atoms. The van der Waals surface area contributed by atoms with Crippen LogP contribution in [0.15, 0.2) is 23.6 Å². The number of aromatic nitrogens is 2. The fourth-order valence-corrected chi connectivity index (χ4v) is 2.53. The molecular weight excluding hydrogens is 256 g/mol. The van der Waals surface area contributed by atoms with Crippen molar-refractivity contribution >= 4 is 23.0 Å². The van der Waals surface area contributed by atoms with Crippen LogP contribution in [0.3, 0.4) is 0 Å². The molecule has 0 bridgehead atoms. The molecule has 0 atom stereocenters. The highest BCUT2D eigenvalue weighted by molar-refractivity contribution is 7.09. The van der Waals surface area contributed by atoms with Crippen LogP contribution in [0.25, 0.3) is 0 Å². The zero-order valence-corrected chi connectivity index (χ0v) is 12.3. The topological polar surface area (TPSA) is 49.8 Å². The number of hydrogen-bond donors (Lipinski definition) is 2. The lowest BCUT2D eigenvalue weighted by atomic mass is 10.3. The molecule has 102 valence electrons. The van der Waals surface area contributed by atoms with Crippen molar-refractivity contribution in [3.05, 3.63) is 34.3 Å². The van der Waals surface area contributed by atoms with E-state index in [1.807, 2.05) is 13.1 Å². The quantitative estimate of drug-likeness (QED) is 0.815. The van der Waals surface area contributed by atoms with Crippen molar-refractivity contribution in [1.82, 2.24) is 9.97 Å². The molecule has 0 amide bonds. The summed E-state index contributed by atoms with van der Waals surface area (Å²) in [5.41, 5.74) is 0. The van der Waals surface area contributed by atoms with Gasteiger partial charge < -0.3 is 10.6 Å². The van der Waals surface area contributed by atoms with Gasteiger partial charge in [0.1, 0.15) is 17.5 Å². The minimum atomic E-state index is 0.872. The van der Waals surface area contributed by atoms with E-state index in [9.17, 15) is 0 Å². The van der Waals surface area contributed by atoms with Crippen molar-refractivity contribution in [2.45, 2.75) is 26.2 Å². The molecule has 0 saturated heterocycles. The first kappa shape index (κ1) is 13.8. The van der Waals surface area contributed by atoms with Crippen molar-refractivity contribution in [3.8, 4) is 0 Å². The second kappa shape index (κ2) is 7.09. The molecule has 0 saturated carbocycles. The lowest BCUT2D eigenvalue weighted by molar-refractivity contribution is 0.834. The maximum absolute atomic E-state index is 4.53. The van der Waals surface area contributed by atoms with Crippen molar-refractivity contribution in [3.63, 3.8) is 0 Å². The molecule has 0 aliphatic heterocycles. The average molecular weight is 276 g/mol. The Bertz CT molecular complexity index is 496. The van der Waals surface area contributed by atoms with Gasteiger partial charge >= 0.3 is 0 Å². The molecule has 4 nitrogen and oxygen atoms in total. The normalized spacial score (nSPS) is 10.4. The van der Waals surface area contributed by atoms with E-state index in [0.717, 1.165) is 43.3 Å². The van der Waals surface area contributed by atoms with Gasteiger partial charge in [0.25, 0.3) is 0 Å². The maximum atomic E-state index is 4.53. The lowest BCUT2D eigenvalue weighted by Crippen LogP contribution is -2.09. The number of nitrogens with one attached hydrogen (secondary N) is 2. The standard InChI is InChI=1S/C14H20N4S/c1-3-5-12-17-13(15-2)10-14(18-12)16-8-7-11-6-4-9-19-11/h4,6,9-10H,3,5,7-8H2,1-2H3,(H2,15,16,17,18). The summed E-state index contributed by atoms with van der Waals surface area (Å²) >= 11 is 1.79. The molecule has 2 heterocycles. The molecule has 0 radical (unpaired) electrons. The fraction of sp³-hybridized carbons (Fsp3) is 0.429. The van der Waals surface area contributed by atoms with Gasteiger partial charge in [-0.1, -0.05) is 13.0 Å². The van der Waals surface area contributed by atoms with Gasteiger partial charge in [-0.2, -0.15) is 0 Å². The van der Waals surface area contributed by atoms with Gasteiger partial charge in [-0.25, -0.2) is 9.97 Å².